The van der Waals surface area contributed by atoms with Crippen molar-refractivity contribution in [2.24, 2.45) is 5.92 Å². The van der Waals surface area contributed by atoms with Crippen molar-refractivity contribution in [1.82, 2.24) is 9.62 Å². The molecule has 1 saturated heterocycles. The zero-order valence-corrected chi connectivity index (χ0v) is 14.0. The van der Waals surface area contributed by atoms with E-state index in [2.05, 4.69) is 32.5 Å². The van der Waals surface area contributed by atoms with Gasteiger partial charge in [-0.3, -0.25) is 0 Å². The lowest BCUT2D eigenvalue weighted by Gasteiger charge is -2.14. The van der Waals surface area contributed by atoms with E-state index in [1.54, 1.807) is 0 Å². The summed E-state index contributed by atoms with van der Waals surface area (Å²) >= 11 is 2.90. The van der Waals surface area contributed by atoms with Gasteiger partial charge >= 0.3 is 0 Å². The maximum absolute atomic E-state index is 13.7. The first-order valence-electron chi connectivity index (χ1n) is 6.70. The van der Waals surface area contributed by atoms with E-state index in [1.165, 1.54) is 0 Å². The fraction of sp³-hybridized carbons (Fsp3) is 0.538. The Morgan fingerprint density at radius 3 is 2.71 bits per heavy atom. The number of nitrogens with one attached hydrogen (secondary N) is 1. The second-order valence-electron chi connectivity index (χ2n) is 5.10. The summed E-state index contributed by atoms with van der Waals surface area (Å²) in [6.07, 6.45) is 0.906. The molecule has 1 aromatic carbocycles. The van der Waals surface area contributed by atoms with Gasteiger partial charge in [-0.05, 0) is 47.4 Å². The molecule has 1 aromatic rings. The van der Waals surface area contributed by atoms with Crippen LogP contribution in [0.1, 0.15) is 13.3 Å². The van der Waals surface area contributed by atoms with E-state index < -0.39 is 26.6 Å². The molecule has 1 atom stereocenters. The van der Waals surface area contributed by atoms with Gasteiger partial charge in [-0.1, -0.05) is 6.92 Å². The van der Waals surface area contributed by atoms with Crippen LogP contribution in [0.3, 0.4) is 0 Å². The Morgan fingerprint density at radius 1 is 1.43 bits per heavy atom. The Bertz CT molecular complexity index is 602. The molecule has 0 bridgehead atoms. The van der Waals surface area contributed by atoms with Crippen LogP contribution in [0.15, 0.2) is 21.5 Å². The van der Waals surface area contributed by atoms with E-state index in [1.807, 2.05) is 0 Å². The van der Waals surface area contributed by atoms with Crippen molar-refractivity contribution in [1.29, 1.82) is 0 Å². The van der Waals surface area contributed by atoms with Crippen LogP contribution in [0.4, 0.5) is 8.78 Å². The molecule has 4 nitrogen and oxygen atoms in total. The van der Waals surface area contributed by atoms with Gasteiger partial charge in [0.1, 0.15) is 16.5 Å². The minimum atomic E-state index is -4.01. The van der Waals surface area contributed by atoms with Gasteiger partial charge in [0.25, 0.3) is 0 Å². The fourth-order valence-electron chi connectivity index (χ4n) is 2.45. The smallest absolute Gasteiger partial charge is 0.244 e. The van der Waals surface area contributed by atoms with E-state index in [0.717, 1.165) is 32.1 Å². The molecular weight excluding hydrogens is 366 g/mol. The Balaban J connectivity index is 2.09. The summed E-state index contributed by atoms with van der Waals surface area (Å²) in [4.78, 5) is 1.68. The van der Waals surface area contributed by atoms with Crippen LogP contribution in [-0.2, 0) is 10.0 Å². The molecule has 1 aliphatic rings. The van der Waals surface area contributed by atoms with Crippen LogP contribution in [0.5, 0.6) is 0 Å². The van der Waals surface area contributed by atoms with E-state index >= 15 is 0 Å². The van der Waals surface area contributed by atoms with Crippen LogP contribution < -0.4 is 4.72 Å². The predicted octanol–water partition coefficient (Wildman–Crippen LogP) is 2.35. The highest BCUT2D eigenvalue weighted by atomic mass is 79.9. The molecular formula is C13H17BrF2N2O2S. The Hall–Kier alpha value is -0.570. The fourth-order valence-corrected chi connectivity index (χ4v) is 4.73. The lowest BCUT2D eigenvalue weighted by Crippen LogP contribution is -2.31. The number of sulfonamides is 1. The monoisotopic (exact) mass is 382 g/mol. The molecule has 8 heteroatoms. The molecule has 2 rings (SSSR count). The minimum absolute atomic E-state index is 0.117. The summed E-state index contributed by atoms with van der Waals surface area (Å²) in [5.74, 6) is -1.72. The van der Waals surface area contributed by atoms with E-state index in [0.29, 0.717) is 6.07 Å². The molecule has 1 heterocycles. The largest absolute Gasteiger partial charge is 0.303 e. The van der Waals surface area contributed by atoms with E-state index in [-0.39, 0.29) is 16.9 Å². The Labute approximate surface area is 131 Å². The predicted molar refractivity (Wildman–Crippen MR) is 79.5 cm³/mol. The van der Waals surface area contributed by atoms with Gasteiger partial charge < -0.3 is 4.90 Å². The molecule has 1 unspecified atom stereocenters. The average molecular weight is 383 g/mol. The third kappa shape index (κ3) is 4.00. The van der Waals surface area contributed by atoms with Crippen molar-refractivity contribution in [2.75, 3.05) is 26.2 Å². The Kier molecular flexibility index (Phi) is 5.34. The summed E-state index contributed by atoms with van der Waals surface area (Å²) in [6, 6.07) is 1.50. The third-order valence-corrected chi connectivity index (χ3v) is 6.00. The van der Waals surface area contributed by atoms with Gasteiger partial charge in [-0.2, -0.15) is 0 Å². The van der Waals surface area contributed by atoms with Gasteiger partial charge in [-0.15, -0.1) is 0 Å². The van der Waals surface area contributed by atoms with Gasteiger partial charge in [0, 0.05) is 23.6 Å². The van der Waals surface area contributed by atoms with Crippen molar-refractivity contribution in [3.8, 4) is 0 Å². The standard InChI is InChI=1S/C13H17BrF2N2O2S/c1-2-18-4-3-9(8-18)7-17-21(19,20)13-11(14)5-10(15)6-12(13)16/h5-6,9,17H,2-4,7-8H2,1H3. The number of halogens is 3. The SMILES string of the molecule is CCN1CCC(CNS(=O)(=O)c2c(F)cc(F)cc2Br)C1. The van der Waals surface area contributed by atoms with Crippen LogP contribution in [0.2, 0.25) is 0 Å². The quantitative estimate of drug-likeness (QED) is 0.850. The van der Waals surface area contributed by atoms with Crippen molar-refractivity contribution < 1.29 is 17.2 Å². The number of rotatable bonds is 5. The van der Waals surface area contributed by atoms with Gasteiger partial charge in [0.05, 0.1) is 0 Å². The summed E-state index contributed by atoms with van der Waals surface area (Å²) in [7, 11) is -4.01. The highest BCUT2D eigenvalue weighted by Gasteiger charge is 2.27. The first-order chi connectivity index (χ1) is 9.83. The lowest BCUT2D eigenvalue weighted by atomic mass is 10.1. The molecule has 1 fully saturated rings. The zero-order valence-electron chi connectivity index (χ0n) is 11.6. The second kappa shape index (κ2) is 6.68. The van der Waals surface area contributed by atoms with Gasteiger partial charge in [-0.25, -0.2) is 21.9 Å². The van der Waals surface area contributed by atoms with Crippen LogP contribution >= 0.6 is 15.9 Å². The number of hydrogen-bond acceptors (Lipinski definition) is 3. The molecule has 0 aliphatic carbocycles. The molecule has 0 amide bonds. The normalized spacial score (nSPS) is 20.1. The zero-order chi connectivity index (χ0) is 15.6. The molecule has 21 heavy (non-hydrogen) atoms. The maximum atomic E-state index is 13.7. The van der Waals surface area contributed by atoms with Crippen LogP contribution in [0, 0.1) is 17.6 Å². The minimum Gasteiger partial charge on any atom is -0.303 e. The highest BCUT2D eigenvalue weighted by Crippen LogP contribution is 2.26. The summed E-state index contributed by atoms with van der Waals surface area (Å²) in [5.41, 5.74) is 0. The molecule has 1 N–H and O–H groups in total. The van der Waals surface area contributed by atoms with Crippen molar-refractivity contribution >= 4 is 26.0 Å². The summed E-state index contributed by atoms with van der Waals surface area (Å²) < 4.78 is 53.4. The third-order valence-electron chi connectivity index (χ3n) is 3.61. The van der Waals surface area contributed by atoms with E-state index in [4.69, 9.17) is 0 Å². The Morgan fingerprint density at radius 2 is 2.14 bits per heavy atom. The summed E-state index contributed by atoms with van der Waals surface area (Å²) in [5, 5.41) is 0. The first-order valence-corrected chi connectivity index (χ1v) is 8.97. The van der Waals surface area contributed by atoms with Gasteiger partial charge in [0.2, 0.25) is 10.0 Å². The molecule has 0 radical (unpaired) electrons. The molecule has 118 valence electrons. The molecule has 0 saturated carbocycles. The number of hydrogen-bond donors (Lipinski definition) is 1. The molecule has 0 spiro atoms. The summed E-state index contributed by atoms with van der Waals surface area (Å²) in [6.45, 7) is 5.00. The van der Waals surface area contributed by atoms with Crippen LogP contribution in [-0.4, -0.2) is 39.5 Å². The first kappa shape index (κ1) is 16.8. The van der Waals surface area contributed by atoms with Gasteiger partial charge in [0.15, 0.2) is 0 Å². The topological polar surface area (TPSA) is 49.4 Å². The van der Waals surface area contributed by atoms with Crippen LogP contribution in [0.25, 0.3) is 0 Å². The van der Waals surface area contributed by atoms with Crippen molar-refractivity contribution in [3.05, 3.63) is 28.2 Å². The molecule has 1 aliphatic heterocycles. The highest BCUT2D eigenvalue weighted by molar-refractivity contribution is 9.10. The maximum Gasteiger partial charge on any atom is 0.244 e. The second-order valence-corrected chi connectivity index (χ2v) is 7.66. The lowest BCUT2D eigenvalue weighted by molar-refractivity contribution is 0.342. The van der Waals surface area contributed by atoms with Crippen molar-refractivity contribution in [3.63, 3.8) is 0 Å². The number of benzene rings is 1. The average Bonchev–Trinajstić information content (AvgIpc) is 2.82. The van der Waals surface area contributed by atoms with Crippen molar-refractivity contribution in [2.45, 2.75) is 18.2 Å². The van der Waals surface area contributed by atoms with E-state index in [9.17, 15) is 17.2 Å². The number of likely N-dealkylation sites (tertiary alicyclic amines) is 1. The number of nitrogens with zero attached hydrogens (tertiary/aromatic N) is 1. The molecule has 0 aromatic heterocycles.